The molecule has 0 aliphatic rings. The second kappa shape index (κ2) is 19.1. The summed E-state index contributed by atoms with van der Waals surface area (Å²) in [7, 11) is 4.87. The van der Waals surface area contributed by atoms with Gasteiger partial charge in [0.15, 0.2) is 29.6 Å². The molecule has 2 heterocycles. The van der Waals surface area contributed by atoms with Gasteiger partial charge < -0.3 is 30.4 Å². The van der Waals surface area contributed by atoms with Gasteiger partial charge in [0.05, 0.1) is 16.8 Å². The van der Waals surface area contributed by atoms with Crippen LogP contribution in [-0.2, 0) is 23.7 Å². The van der Waals surface area contributed by atoms with E-state index < -0.39 is 58.0 Å². The largest absolute Gasteiger partial charge is 0.388 e. The first-order chi connectivity index (χ1) is 27.4. The summed E-state index contributed by atoms with van der Waals surface area (Å²) in [6, 6.07) is 6.60. The number of Topliss-reactive ketones (excluding diaryl/α,β-unsaturated/α-hetero) is 2. The molecule has 3 amide bonds. The van der Waals surface area contributed by atoms with E-state index in [0.29, 0.717) is 47.5 Å². The minimum Gasteiger partial charge on any atom is -0.388 e. The average Bonchev–Trinajstić information content (AvgIpc) is 3.52. The van der Waals surface area contributed by atoms with Crippen LogP contribution < -0.4 is 21.3 Å². The number of benzene rings is 2. The number of anilines is 2. The number of halogens is 4. The van der Waals surface area contributed by atoms with Crippen molar-refractivity contribution in [2.75, 3.05) is 30.8 Å². The molecular formula is C43H52F4N6O6. The van der Waals surface area contributed by atoms with Gasteiger partial charge in [-0.05, 0) is 92.8 Å². The Kier molecular flexibility index (Phi) is 15.3. The lowest BCUT2D eigenvalue weighted by molar-refractivity contribution is -0.118. The number of nitrogens with zero attached hydrogens (tertiary/aromatic N) is 2. The summed E-state index contributed by atoms with van der Waals surface area (Å²) in [5, 5.41) is 10.6. The molecule has 0 spiro atoms. The summed E-state index contributed by atoms with van der Waals surface area (Å²) in [5.74, 6) is -7.61. The molecule has 0 radical (unpaired) electrons. The van der Waals surface area contributed by atoms with Crippen LogP contribution in [0.3, 0.4) is 0 Å². The first-order valence-corrected chi connectivity index (χ1v) is 18.7. The van der Waals surface area contributed by atoms with Crippen molar-refractivity contribution in [2.45, 2.75) is 68.2 Å². The highest BCUT2D eigenvalue weighted by Gasteiger charge is 2.33. The second-order valence-corrected chi connectivity index (χ2v) is 16.0. The standard InChI is InChI=1S/C36H45F2N5O6.C7H7F2N/c1-19-26(16-44)42(9)21(3)27(19)30(45)33(48)39-14-13-35(5,6)17-36(7,8)18-40-34(49)31(46)28-20(2)29(43(10)22(28)4)32(47)41-23-11-12-24(37)25(38)15-23;1-10-5-2-3-6(8)7(9)4-5/h11-12,15-16H,13-14,17-18H2,1-10H3,(H,39,48)(H,40,49)(H,41,47);2-4,10H,1H3. The van der Waals surface area contributed by atoms with E-state index in [9.17, 15) is 46.3 Å². The van der Waals surface area contributed by atoms with Crippen LogP contribution in [0.15, 0.2) is 36.4 Å². The van der Waals surface area contributed by atoms with E-state index in [1.165, 1.54) is 23.6 Å². The van der Waals surface area contributed by atoms with E-state index >= 15 is 0 Å². The number of hydrogen-bond acceptors (Lipinski definition) is 7. The Morgan fingerprint density at radius 1 is 0.678 bits per heavy atom. The third-order valence-electron chi connectivity index (χ3n) is 10.3. The van der Waals surface area contributed by atoms with Gasteiger partial charge in [0.1, 0.15) is 5.69 Å². The third-order valence-corrected chi connectivity index (χ3v) is 10.3. The predicted molar refractivity (Wildman–Crippen MR) is 217 cm³/mol. The quantitative estimate of drug-likeness (QED) is 0.0432. The predicted octanol–water partition coefficient (Wildman–Crippen LogP) is 7.08. The lowest BCUT2D eigenvalue weighted by Crippen LogP contribution is -2.40. The van der Waals surface area contributed by atoms with Crippen LogP contribution in [0.25, 0.3) is 0 Å². The van der Waals surface area contributed by atoms with E-state index in [0.717, 1.165) is 24.3 Å². The zero-order chi connectivity index (χ0) is 44.7. The molecule has 0 saturated carbocycles. The van der Waals surface area contributed by atoms with Crippen LogP contribution in [0.4, 0.5) is 28.9 Å². The zero-order valence-electron chi connectivity index (χ0n) is 35.2. The molecule has 2 aromatic carbocycles. The molecule has 0 fully saturated rings. The highest BCUT2D eigenvalue weighted by molar-refractivity contribution is 6.44. The Balaban J connectivity index is 0.000000809. The van der Waals surface area contributed by atoms with Crippen molar-refractivity contribution in [3.63, 3.8) is 0 Å². The number of hydrogen-bond donors (Lipinski definition) is 4. The van der Waals surface area contributed by atoms with Crippen molar-refractivity contribution in [3.8, 4) is 0 Å². The molecule has 4 rings (SSSR count). The molecule has 16 heteroatoms. The number of aldehydes is 1. The molecule has 4 N–H and O–H groups in total. The Morgan fingerprint density at radius 3 is 1.68 bits per heavy atom. The van der Waals surface area contributed by atoms with E-state index in [1.807, 2.05) is 27.7 Å². The van der Waals surface area contributed by atoms with Gasteiger partial charge >= 0.3 is 0 Å². The van der Waals surface area contributed by atoms with Gasteiger partial charge in [-0.3, -0.25) is 28.8 Å². The molecule has 0 bridgehead atoms. The van der Waals surface area contributed by atoms with Gasteiger partial charge in [-0.2, -0.15) is 0 Å². The minimum absolute atomic E-state index is 0.0281. The monoisotopic (exact) mass is 824 g/mol. The van der Waals surface area contributed by atoms with Gasteiger partial charge in [0, 0.05) is 63.1 Å². The highest BCUT2D eigenvalue weighted by atomic mass is 19.2. The van der Waals surface area contributed by atoms with Crippen molar-refractivity contribution in [1.82, 2.24) is 19.8 Å². The maximum Gasteiger partial charge on any atom is 0.292 e. The third kappa shape index (κ3) is 11.3. The fourth-order valence-corrected chi connectivity index (χ4v) is 7.22. The smallest absolute Gasteiger partial charge is 0.292 e. The number of carbonyl (C=O) groups is 6. The van der Waals surface area contributed by atoms with Crippen LogP contribution in [0.5, 0.6) is 0 Å². The number of aromatic nitrogens is 2. The van der Waals surface area contributed by atoms with E-state index in [1.54, 1.807) is 46.5 Å². The SMILES string of the molecule is CNc1ccc(F)c(F)c1.Cc1c(C(=O)C(=O)NCCC(C)(C)CC(C)(C)CNC(=O)C(=O)c2c(C)c(C(=O)Nc3ccc(F)c(F)c3)n(C)c2C)c(C)n(C)c1C=O. The summed E-state index contributed by atoms with van der Waals surface area (Å²) >= 11 is 0. The van der Waals surface area contributed by atoms with Crippen molar-refractivity contribution in [2.24, 2.45) is 24.9 Å². The summed E-state index contributed by atoms with van der Waals surface area (Å²) in [6.45, 7) is 14.7. The fraction of sp³-hybridized carbons (Fsp3) is 0.395. The first-order valence-electron chi connectivity index (χ1n) is 18.7. The summed E-state index contributed by atoms with van der Waals surface area (Å²) in [6.07, 6.45) is 1.77. The zero-order valence-corrected chi connectivity index (χ0v) is 35.2. The Bertz CT molecular complexity index is 2290. The highest BCUT2D eigenvalue weighted by Crippen LogP contribution is 2.36. The summed E-state index contributed by atoms with van der Waals surface area (Å²) in [4.78, 5) is 76.5. The van der Waals surface area contributed by atoms with Gasteiger partial charge in [-0.25, -0.2) is 17.6 Å². The number of amides is 3. The van der Waals surface area contributed by atoms with E-state index in [4.69, 9.17) is 0 Å². The minimum atomic E-state index is -1.13. The fourth-order valence-electron chi connectivity index (χ4n) is 7.22. The van der Waals surface area contributed by atoms with Gasteiger partial charge in [0.2, 0.25) is 0 Å². The molecule has 0 unspecified atom stereocenters. The molecule has 59 heavy (non-hydrogen) atoms. The summed E-state index contributed by atoms with van der Waals surface area (Å²) in [5.41, 5.74) is 2.16. The molecule has 0 aliphatic carbocycles. The molecule has 2 aromatic heterocycles. The Morgan fingerprint density at radius 2 is 1.17 bits per heavy atom. The first kappa shape index (κ1) is 47.3. The lowest BCUT2D eigenvalue weighted by Gasteiger charge is -2.35. The van der Waals surface area contributed by atoms with Crippen LogP contribution in [0, 0.1) is 61.8 Å². The van der Waals surface area contributed by atoms with Crippen molar-refractivity contribution < 1.29 is 46.3 Å². The lowest BCUT2D eigenvalue weighted by atomic mass is 9.73. The maximum atomic E-state index is 13.7. The topological polar surface area (TPSA) is 160 Å². The second-order valence-electron chi connectivity index (χ2n) is 16.0. The van der Waals surface area contributed by atoms with Gasteiger partial charge in [0.25, 0.3) is 29.3 Å². The van der Waals surface area contributed by atoms with Gasteiger partial charge in [-0.15, -0.1) is 0 Å². The molecule has 0 saturated heterocycles. The van der Waals surface area contributed by atoms with E-state index in [-0.39, 0.29) is 46.6 Å². The Labute approximate surface area is 341 Å². The molecule has 0 aliphatic heterocycles. The maximum absolute atomic E-state index is 13.7. The van der Waals surface area contributed by atoms with Crippen LogP contribution in [0.1, 0.15) is 105 Å². The number of carbonyl (C=O) groups excluding carboxylic acids is 6. The van der Waals surface area contributed by atoms with Crippen molar-refractivity contribution in [1.29, 1.82) is 0 Å². The Hall–Kier alpha value is -6.06. The van der Waals surface area contributed by atoms with Crippen LogP contribution >= 0.6 is 0 Å². The van der Waals surface area contributed by atoms with Crippen molar-refractivity contribution in [3.05, 3.63) is 105 Å². The van der Waals surface area contributed by atoms with Crippen LogP contribution in [-0.4, -0.2) is 64.8 Å². The molecule has 318 valence electrons. The molecule has 4 aromatic rings. The van der Waals surface area contributed by atoms with Gasteiger partial charge in [-0.1, -0.05) is 27.7 Å². The van der Waals surface area contributed by atoms with Crippen LogP contribution in [0.2, 0.25) is 0 Å². The van der Waals surface area contributed by atoms with E-state index in [2.05, 4.69) is 21.3 Å². The molecule has 12 nitrogen and oxygen atoms in total. The number of ketones is 2. The van der Waals surface area contributed by atoms with Crippen molar-refractivity contribution >= 4 is 46.9 Å². The molecular weight excluding hydrogens is 773 g/mol. The molecule has 0 atom stereocenters. The average molecular weight is 825 g/mol. The number of nitrogens with one attached hydrogen (secondary N) is 4. The number of rotatable bonds is 15. The normalized spacial score (nSPS) is 11.3. The summed E-state index contributed by atoms with van der Waals surface area (Å²) < 4.78 is 54.6.